The van der Waals surface area contributed by atoms with Gasteiger partial charge in [-0.3, -0.25) is 4.79 Å². The normalized spacial score (nSPS) is 15.4. The molecule has 1 aliphatic rings. The Hall–Kier alpha value is -2.36. The summed E-state index contributed by atoms with van der Waals surface area (Å²) in [6, 6.07) is 9.99. The summed E-state index contributed by atoms with van der Waals surface area (Å²) < 4.78 is 0. The fourth-order valence-corrected chi connectivity index (χ4v) is 2.95. The maximum Gasteiger partial charge on any atom is 0.272 e. The lowest BCUT2D eigenvalue weighted by Crippen LogP contribution is -2.38. The monoisotopic (exact) mass is 323 g/mol. The van der Waals surface area contributed by atoms with Crippen LogP contribution in [0.25, 0.3) is 0 Å². The third kappa shape index (κ3) is 3.75. The number of carbonyl (C=O) groups is 1. The average Bonchev–Trinajstić information content (AvgIpc) is 2.59. The Labute approximate surface area is 143 Å². The average molecular weight is 323 g/mol. The van der Waals surface area contributed by atoms with Gasteiger partial charge in [0.25, 0.3) is 5.91 Å². The maximum atomic E-state index is 12.5. The number of amides is 1. The number of piperidine rings is 1. The van der Waals surface area contributed by atoms with E-state index in [0.29, 0.717) is 11.6 Å². The van der Waals surface area contributed by atoms with E-state index in [4.69, 9.17) is 0 Å². The molecule has 0 unspecified atom stereocenters. The zero-order chi connectivity index (χ0) is 17.1. The minimum absolute atomic E-state index is 0.0413. The third-order valence-corrected chi connectivity index (χ3v) is 4.85. The Morgan fingerprint density at radius 1 is 1.08 bits per heavy atom. The van der Waals surface area contributed by atoms with Crippen molar-refractivity contribution in [2.24, 2.45) is 5.92 Å². The van der Waals surface area contributed by atoms with E-state index in [1.165, 1.54) is 11.1 Å². The molecule has 0 radical (unpaired) electrons. The second-order valence-corrected chi connectivity index (χ2v) is 6.83. The summed E-state index contributed by atoms with van der Waals surface area (Å²) in [6.07, 6.45) is 3.89. The fraction of sp³-hybridized carbons (Fsp3) is 0.400. The van der Waals surface area contributed by atoms with Gasteiger partial charge in [0.1, 0.15) is 5.69 Å². The van der Waals surface area contributed by atoms with Crippen LogP contribution in [0.2, 0.25) is 0 Å². The molecule has 0 aliphatic carbocycles. The number of likely N-dealkylation sites (tertiary alicyclic amines) is 1. The van der Waals surface area contributed by atoms with Gasteiger partial charge in [0, 0.05) is 18.8 Å². The molecule has 0 spiro atoms. The van der Waals surface area contributed by atoms with Crippen LogP contribution >= 0.6 is 0 Å². The topological polar surface area (TPSA) is 45.2 Å². The van der Waals surface area contributed by atoms with Crippen molar-refractivity contribution in [2.75, 3.05) is 18.4 Å². The molecule has 0 saturated carbocycles. The van der Waals surface area contributed by atoms with Gasteiger partial charge < -0.3 is 10.2 Å². The predicted octanol–water partition coefficient (Wildman–Crippen LogP) is 4.31. The van der Waals surface area contributed by atoms with Crippen LogP contribution in [0.4, 0.5) is 11.4 Å². The molecule has 1 saturated heterocycles. The van der Waals surface area contributed by atoms with Crippen molar-refractivity contribution >= 4 is 17.3 Å². The molecule has 1 fully saturated rings. The molecular weight excluding hydrogens is 298 g/mol. The van der Waals surface area contributed by atoms with Crippen LogP contribution in [-0.2, 0) is 0 Å². The number of nitrogens with one attached hydrogen (secondary N) is 1. The Morgan fingerprint density at radius 3 is 2.42 bits per heavy atom. The molecule has 1 amide bonds. The molecule has 24 heavy (non-hydrogen) atoms. The Balaban J connectivity index is 1.66. The summed E-state index contributed by atoms with van der Waals surface area (Å²) in [5, 5.41) is 3.34. The van der Waals surface area contributed by atoms with E-state index in [1.807, 2.05) is 17.0 Å². The lowest BCUT2D eigenvalue weighted by Gasteiger charge is -2.30. The molecule has 3 rings (SSSR count). The molecule has 1 aromatic carbocycles. The van der Waals surface area contributed by atoms with Gasteiger partial charge in [-0.25, -0.2) is 4.98 Å². The number of rotatable bonds is 3. The summed E-state index contributed by atoms with van der Waals surface area (Å²) in [7, 11) is 0. The second kappa shape index (κ2) is 7.04. The van der Waals surface area contributed by atoms with E-state index in [9.17, 15) is 4.79 Å². The largest absolute Gasteiger partial charge is 0.354 e. The highest BCUT2D eigenvalue weighted by atomic mass is 16.2. The number of anilines is 2. The summed E-state index contributed by atoms with van der Waals surface area (Å²) in [5.41, 5.74) is 4.97. The number of aromatic nitrogens is 1. The zero-order valence-corrected chi connectivity index (χ0v) is 14.7. The molecule has 126 valence electrons. The van der Waals surface area contributed by atoms with E-state index in [1.54, 1.807) is 6.20 Å². The number of carbonyl (C=O) groups excluding carboxylic acids is 1. The maximum absolute atomic E-state index is 12.5. The van der Waals surface area contributed by atoms with Crippen LogP contribution in [0.1, 0.15) is 41.4 Å². The van der Waals surface area contributed by atoms with Crippen LogP contribution in [0.15, 0.2) is 36.5 Å². The molecule has 4 nitrogen and oxygen atoms in total. The molecule has 4 heteroatoms. The highest BCUT2D eigenvalue weighted by Crippen LogP contribution is 2.21. The van der Waals surface area contributed by atoms with Crippen LogP contribution in [0.5, 0.6) is 0 Å². The van der Waals surface area contributed by atoms with E-state index >= 15 is 0 Å². The van der Waals surface area contributed by atoms with Gasteiger partial charge in [0.05, 0.1) is 11.9 Å². The van der Waals surface area contributed by atoms with Gasteiger partial charge in [-0.1, -0.05) is 13.0 Å². The molecular formula is C20H25N3O. The number of aryl methyl sites for hydroxylation is 2. The van der Waals surface area contributed by atoms with Gasteiger partial charge in [-0.05, 0) is 68.0 Å². The molecule has 1 aromatic heterocycles. The van der Waals surface area contributed by atoms with Crippen molar-refractivity contribution in [2.45, 2.75) is 33.6 Å². The van der Waals surface area contributed by atoms with Crippen molar-refractivity contribution < 1.29 is 4.79 Å². The van der Waals surface area contributed by atoms with E-state index in [0.717, 1.165) is 37.3 Å². The third-order valence-electron chi connectivity index (χ3n) is 4.85. The van der Waals surface area contributed by atoms with Crippen molar-refractivity contribution in [3.05, 3.63) is 53.3 Å². The zero-order valence-electron chi connectivity index (χ0n) is 14.7. The quantitative estimate of drug-likeness (QED) is 0.915. The standard InChI is InChI=1S/C20H25N3O/c1-14-8-10-23(11-9-14)20(24)19-7-6-18(13-21-19)22-17-5-4-15(2)16(3)12-17/h4-7,12-14,22H,8-11H2,1-3H3. The first-order valence-electron chi connectivity index (χ1n) is 8.62. The summed E-state index contributed by atoms with van der Waals surface area (Å²) >= 11 is 0. The van der Waals surface area contributed by atoms with Crippen LogP contribution in [-0.4, -0.2) is 28.9 Å². The van der Waals surface area contributed by atoms with Gasteiger partial charge >= 0.3 is 0 Å². The molecule has 2 heterocycles. The number of benzene rings is 1. The summed E-state index contributed by atoms with van der Waals surface area (Å²) in [6.45, 7) is 8.12. The van der Waals surface area contributed by atoms with Crippen molar-refractivity contribution in [1.82, 2.24) is 9.88 Å². The molecule has 0 bridgehead atoms. The minimum Gasteiger partial charge on any atom is -0.354 e. The number of hydrogen-bond donors (Lipinski definition) is 1. The number of pyridine rings is 1. The molecule has 1 N–H and O–H groups in total. The van der Waals surface area contributed by atoms with Crippen LogP contribution in [0, 0.1) is 19.8 Å². The minimum atomic E-state index is 0.0413. The van der Waals surface area contributed by atoms with Crippen molar-refractivity contribution in [3.63, 3.8) is 0 Å². The molecule has 2 aromatic rings. The van der Waals surface area contributed by atoms with Gasteiger partial charge in [-0.15, -0.1) is 0 Å². The van der Waals surface area contributed by atoms with E-state index in [2.05, 4.69) is 49.3 Å². The highest BCUT2D eigenvalue weighted by molar-refractivity contribution is 5.92. The smallest absolute Gasteiger partial charge is 0.272 e. The van der Waals surface area contributed by atoms with Gasteiger partial charge in [0.15, 0.2) is 0 Å². The lowest BCUT2D eigenvalue weighted by atomic mass is 9.99. The highest BCUT2D eigenvalue weighted by Gasteiger charge is 2.22. The first-order valence-corrected chi connectivity index (χ1v) is 8.62. The van der Waals surface area contributed by atoms with Gasteiger partial charge in [0.2, 0.25) is 0 Å². The van der Waals surface area contributed by atoms with Crippen molar-refractivity contribution in [3.8, 4) is 0 Å². The van der Waals surface area contributed by atoms with E-state index in [-0.39, 0.29) is 5.91 Å². The Kier molecular flexibility index (Phi) is 4.84. The SMILES string of the molecule is Cc1ccc(Nc2ccc(C(=O)N3CCC(C)CC3)nc2)cc1C. The fourth-order valence-electron chi connectivity index (χ4n) is 2.95. The molecule has 1 aliphatic heterocycles. The van der Waals surface area contributed by atoms with Crippen LogP contribution in [0.3, 0.4) is 0 Å². The van der Waals surface area contributed by atoms with Crippen LogP contribution < -0.4 is 5.32 Å². The summed E-state index contributed by atoms with van der Waals surface area (Å²) in [5.74, 6) is 0.756. The summed E-state index contributed by atoms with van der Waals surface area (Å²) in [4.78, 5) is 18.8. The first kappa shape index (κ1) is 16.5. The van der Waals surface area contributed by atoms with Gasteiger partial charge in [-0.2, -0.15) is 0 Å². The van der Waals surface area contributed by atoms with Crippen molar-refractivity contribution in [1.29, 1.82) is 0 Å². The Morgan fingerprint density at radius 2 is 1.79 bits per heavy atom. The number of hydrogen-bond acceptors (Lipinski definition) is 3. The Bertz CT molecular complexity index is 716. The van der Waals surface area contributed by atoms with E-state index < -0.39 is 0 Å². The first-order chi connectivity index (χ1) is 11.5. The predicted molar refractivity (Wildman–Crippen MR) is 97.7 cm³/mol. The molecule has 0 atom stereocenters. The second-order valence-electron chi connectivity index (χ2n) is 6.83. The lowest BCUT2D eigenvalue weighted by molar-refractivity contribution is 0.0691. The number of nitrogens with zero attached hydrogens (tertiary/aromatic N) is 2.